The minimum atomic E-state index is 0.261. The van der Waals surface area contributed by atoms with Gasteiger partial charge in [-0.3, -0.25) is 4.99 Å². The SMILES string of the molecule is CCOc1ccc(NC2=CC(N[C@H]3CC[C@H](N)CC3)=NN3C2=NCC3C)cc1. The quantitative estimate of drug-likeness (QED) is 0.729. The second-order valence-electron chi connectivity index (χ2n) is 7.74. The Morgan fingerprint density at radius 3 is 2.64 bits per heavy atom. The van der Waals surface area contributed by atoms with Gasteiger partial charge in [0.15, 0.2) is 5.84 Å². The van der Waals surface area contributed by atoms with Gasteiger partial charge >= 0.3 is 0 Å². The molecule has 7 heteroatoms. The number of benzene rings is 1. The van der Waals surface area contributed by atoms with Crippen molar-refractivity contribution in [3.63, 3.8) is 0 Å². The summed E-state index contributed by atoms with van der Waals surface area (Å²) in [6.07, 6.45) is 6.38. The first-order chi connectivity index (χ1) is 13.6. The molecule has 0 radical (unpaired) electrons. The van der Waals surface area contributed by atoms with Gasteiger partial charge in [0.25, 0.3) is 0 Å². The molecule has 1 aromatic rings. The van der Waals surface area contributed by atoms with Crippen LogP contribution in [0.15, 0.2) is 46.1 Å². The highest BCUT2D eigenvalue weighted by atomic mass is 16.5. The van der Waals surface area contributed by atoms with Gasteiger partial charge < -0.3 is 21.1 Å². The Kier molecular flexibility index (Phi) is 5.52. The Bertz CT molecular complexity index is 777. The van der Waals surface area contributed by atoms with Crippen molar-refractivity contribution in [1.82, 2.24) is 10.3 Å². The Morgan fingerprint density at radius 1 is 1.18 bits per heavy atom. The first kappa shape index (κ1) is 18.8. The number of rotatable bonds is 5. The number of hydrogen-bond donors (Lipinski definition) is 3. The molecule has 0 spiro atoms. The van der Waals surface area contributed by atoms with Crippen LogP contribution in [0.4, 0.5) is 5.69 Å². The van der Waals surface area contributed by atoms with E-state index in [9.17, 15) is 0 Å². The van der Waals surface area contributed by atoms with E-state index in [-0.39, 0.29) is 6.04 Å². The maximum Gasteiger partial charge on any atom is 0.168 e. The van der Waals surface area contributed by atoms with E-state index >= 15 is 0 Å². The lowest BCUT2D eigenvalue weighted by atomic mass is 9.92. The van der Waals surface area contributed by atoms with Crippen LogP contribution < -0.4 is 21.1 Å². The topological polar surface area (TPSA) is 87.3 Å². The Labute approximate surface area is 166 Å². The van der Waals surface area contributed by atoms with E-state index in [0.717, 1.165) is 61.0 Å². The van der Waals surface area contributed by atoms with Crippen molar-refractivity contribution < 1.29 is 4.74 Å². The van der Waals surface area contributed by atoms with Crippen molar-refractivity contribution in [3.05, 3.63) is 36.0 Å². The number of hydrazone groups is 1. The largest absolute Gasteiger partial charge is 0.494 e. The number of hydrogen-bond acceptors (Lipinski definition) is 7. The molecule has 0 aromatic heterocycles. The van der Waals surface area contributed by atoms with Gasteiger partial charge in [0.1, 0.15) is 11.6 Å². The molecule has 0 bridgehead atoms. The molecule has 0 saturated heterocycles. The van der Waals surface area contributed by atoms with Crippen LogP contribution in [-0.4, -0.2) is 48.0 Å². The number of ether oxygens (including phenoxy) is 1. The minimum absolute atomic E-state index is 0.261. The molecule has 28 heavy (non-hydrogen) atoms. The Hall–Kier alpha value is -2.54. The molecule has 1 aliphatic carbocycles. The standard InChI is InChI=1S/C21H30N6O/c1-3-28-18-10-8-16(9-11-18)24-19-12-20(25-17-6-4-15(22)5-7-17)26-27-14(2)13-23-21(19)27/h8-12,14-15,17,24H,3-7,13,22H2,1-2H3,(H,25,26)/t14?,15-,17-. The average molecular weight is 383 g/mol. The highest BCUT2D eigenvalue weighted by Gasteiger charge is 2.31. The van der Waals surface area contributed by atoms with E-state index in [4.69, 9.17) is 20.6 Å². The zero-order chi connectivity index (χ0) is 19.5. The molecule has 1 fully saturated rings. The van der Waals surface area contributed by atoms with E-state index < -0.39 is 0 Å². The molecule has 1 atom stereocenters. The van der Waals surface area contributed by atoms with Crippen LogP contribution >= 0.6 is 0 Å². The summed E-state index contributed by atoms with van der Waals surface area (Å²) in [5, 5.41) is 14.0. The molecule has 2 aliphatic heterocycles. The first-order valence-electron chi connectivity index (χ1n) is 10.3. The van der Waals surface area contributed by atoms with Crippen molar-refractivity contribution in [3.8, 4) is 5.75 Å². The second-order valence-corrected chi connectivity index (χ2v) is 7.74. The molecule has 1 saturated carbocycles. The zero-order valence-electron chi connectivity index (χ0n) is 16.7. The molecule has 150 valence electrons. The van der Waals surface area contributed by atoms with E-state index in [1.165, 1.54) is 0 Å². The zero-order valence-corrected chi connectivity index (χ0v) is 16.7. The van der Waals surface area contributed by atoms with Crippen molar-refractivity contribution in [2.45, 2.75) is 57.7 Å². The molecule has 1 aromatic carbocycles. The van der Waals surface area contributed by atoms with E-state index in [2.05, 4.69) is 23.6 Å². The van der Waals surface area contributed by atoms with Crippen LogP contribution in [0.1, 0.15) is 39.5 Å². The summed E-state index contributed by atoms with van der Waals surface area (Å²) in [5.74, 6) is 2.66. The minimum Gasteiger partial charge on any atom is -0.494 e. The number of amidine groups is 2. The third-order valence-electron chi connectivity index (χ3n) is 5.45. The summed E-state index contributed by atoms with van der Waals surface area (Å²) in [7, 11) is 0. The molecule has 1 unspecified atom stereocenters. The van der Waals surface area contributed by atoms with Crippen molar-refractivity contribution in [2.75, 3.05) is 18.5 Å². The molecule has 2 heterocycles. The summed E-state index contributed by atoms with van der Waals surface area (Å²) in [6.45, 7) is 5.56. The van der Waals surface area contributed by atoms with E-state index in [1.807, 2.05) is 36.2 Å². The smallest absolute Gasteiger partial charge is 0.168 e. The molecule has 0 amide bonds. The lowest BCUT2D eigenvalue weighted by Gasteiger charge is -2.31. The number of anilines is 1. The molecular weight excluding hydrogens is 352 g/mol. The summed E-state index contributed by atoms with van der Waals surface area (Å²) >= 11 is 0. The normalized spacial score (nSPS) is 26.8. The number of fused-ring (bicyclic) bond motifs is 1. The highest BCUT2D eigenvalue weighted by Crippen LogP contribution is 2.24. The number of nitrogens with two attached hydrogens (primary N) is 1. The third kappa shape index (κ3) is 4.14. The van der Waals surface area contributed by atoms with Crippen molar-refractivity contribution in [2.24, 2.45) is 15.8 Å². The van der Waals surface area contributed by atoms with Gasteiger partial charge in [-0.2, -0.15) is 5.10 Å². The van der Waals surface area contributed by atoms with Crippen LogP contribution in [0, 0.1) is 0 Å². The van der Waals surface area contributed by atoms with Gasteiger partial charge in [0.2, 0.25) is 0 Å². The molecule has 3 aliphatic rings. The second kappa shape index (κ2) is 8.22. The summed E-state index contributed by atoms with van der Waals surface area (Å²) < 4.78 is 5.53. The fraction of sp³-hybridized carbons (Fsp3) is 0.524. The van der Waals surface area contributed by atoms with Crippen LogP contribution in [0.2, 0.25) is 0 Å². The number of aliphatic imine (C=N–C) groups is 1. The maximum absolute atomic E-state index is 6.04. The predicted octanol–water partition coefficient (Wildman–Crippen LogP) is 2.67. The molecule has 4 rings (SSSR count). The van der Waals surface area contributed by atoms with Crippen LogP contribution in [-0.2, 0) is 0 Å². The summed E-state index contributed by atoms with van der Waals surface area (Å²) in [4.78, 5) is 4.69. The monoisotopic (exact) mass is 382 g/mol. The van der Waals surface area contributed by atoms with Gasteiger partial charge in [-0.1, -0.05) is 0 Å². The third-order valence-corrected chi connectivity index (χ3v) is 5.45. The van der Waals surface area contributed by atoms with Gasteiger partial charge in [0, 0.05) is 23.8 Å². The average Bonchev–Trinajstić information content (AvgIpc) is 3.07. The van der Waals surface area contributed by atoms with Gasteiger partial charge in [0.05, 0.1) is 24.9 Å². The number of nitrogens with zero attached hydrogens (tertiary/aromatic N) is 3. The Balaban J connectivity index is 1.50. The molecular formula is C21H30N6O. The fourth-order valence-electron chi connectivity index (χ4n) is 3.87. The van der Waals surface area contributed by atoms with Crippen LogP contribution in [0.3, 0.4) is 0 Å². The van der Waals surface area contributed by atoms with Crippen molar-refractivity contribution >= 4 is 17.4 Å². The first-order valence-corrected chi connectivity index (χ1v) is 10.3. The van der Waals surface area contributed by atoms with E-state index in [0.29, 0.717) is 18.7 Å². The lowest BCUT2D eigenvalue weighted by Crippen LogP contribution is -2.44. The van der Waals surface area contributed by atoms with E-state index in [1.54, 1.807) is 0 Å². The summed E-state index contributed by atoms with van der Waals surface area (Å²) in [6, 6.07) is 9.04. The fourth-order valence-corrected chi connectivity index (χ4v) is 3.87. The summed E-state index contributed by atoms with van der Waals surface area (Å²) in [5.41, 5.74) is 8.02. The Morgan fingerprint density at radius 2 is 1.93 bits per heavy atom. The molecule has 7 nitrogen and oxygen atoms in total. The molecule has 4 N–H and O–H groups in total. The van der Waals surface area contributed by atoms with Gasteiger partial charge in [-0.05, 0) is 63.8 Å². The lowest BCUT2D eigenvalue weighted by molar-refractivity contribution is 0.340. The van der Waals surface area contributed by atoms with Gasteiger partial charge in [-0.25, -0.2) is 5.01 Å². The van der Waals surface area contributed by atoms with Crippen molar-refractivity contribution in [1.29, 1.82) is 0 Å². The number of nitrogens with one attached hydrogen (secondary N) is 2. The van der Waals surface area contributed by atoms with Crippen LogP contribution in [0.25, 0.3) is 0 Å². The highest BCUT2D eigenvalue weighted by molar-refractivity contribution is 6.11. The van der Waals surface area contributed by atoms with Crippen LogP contribution in [0.5, 0.6) is 5.75 Å². The maximum atomic E-state index is 6.04. The van der Waals surface area contributed by atoms with Gasteiger partial charge in [-0.15, -0.1) is 0 Å². The predicted molar refractivity (Wildman–Crippen MR) is 114 cm³/mol.